The van der Waals surface area contributed by atoms with Crippen LogP contribution in [0, 0.1) is 5.92 Å². The zero-order chi connectivity index (χ0) is 22.2. The lowest BCUT2D eigenvalue weighted by atomic mass is 9.92. The molecule has 0 radical (unpaired) electrons. The number of hydrogen-bond donors (Lipinski definition) is 1. The van der Waals surface area contributed by atoms with E-state index < -0.39 is 14.6 Å². The summed E-state index contributed by atoms with van der Waals surface area (Å²) in [6.07, 6.45) is 6.44. The fourth-order valence-corrected chi connectivity index (χ4v) is 6.26. The minimum atomic E-state index is -3.12. The summed E-state index contributed by atoms with van der Waals surface area (Å²) < 4.78 is 24.0. The lowest BCUT2D eigenvalue weighted by Gasteiger charge is -2.17. The number of benzene rings is 2. The number of anilines is 1. The van der Waals surface area contributed by atoms with Crippen molar-refractivity contribution >= 4 is 21.4 Å². The molecule has 1 N–H and O–H groups in total. The van der Waals surface area contributed by atoms with Gasteiger partial charge >= 0.3 is 0 Å². The fourth-order valence-electron chi connectivity index (χ4n) is 4.48. The molecule has 1 saturated carbocycles. The monoisotopic (exact) mass is 437 g/mol. The van der Waals surface area contributed by atoms with Crippen LogP contribution in [0.4, 0.5) is 5.69 Å². The highest BCUT2D eigenvalue weighted by atomic mass is 32.2. The Balaban J connectivity index is 0.00000289. The molecule has 0 aliphatic heterocycles. The van der Waals surface area contributed by atoms with Crippen LogP contribution in [0.3, 0.4) is 0 Å². The summed E-state index contributed by atoms with van der Waals surface area (Å²) in [6.45, 7) is 6.02. The standard InChI is InChI=1S/C26H29NO3S.H2/c1-4-31(29,30)26-13-12-19(14-21(26)17-26)15-25(28)27-22-10-11-23(18(2)3)24(16-22)20-8-6-5-7-9-20;/h5-14,16,18,21H,4,15,17H2,1-3H3,(H,27,28);1H. The quantitative estimate of drug-likeness (QED) is 0.601. The van der Waals surface area contributed by atoms with Crippen molar-refractivity contribution in [3.05, 3.63) is 77.9 Å². The second kappa shape index (κ2) is 8.12. The van der Waals surface area contributed by atoms with Gasteiger partial charge in [0.2, 0.25) is 5.91 Å². The van der Waals surface area contributed by atoms with Crippen molar-refractivity contribution in [2.45, 2.75) is 44.3 Å². The third-order valence-electron chi connectivity index (χ3n) is 6.37. The van der Waals surface area contributed by atoms with Crippen LogP contribution >= 0.6 is 0 Å². The molecule has 2 aromatic carbocycles. The van der Waals surface area contributed by atoms with Gasteiger partial charge in [-0.25, -0.2) is 8.42 Å². The SMILES string of the molecule is CCS(=O)(=O)C12C=CC(CC(=O)Nc3ccc(C(C)C)c(-c4ccccc4)c3)=CC1C2.[HH]. The molecule has 2 atom stereocenters. The number of amides is 1. The van der Waals surface area contributed by atoms with Crippen LogP contribution in [0.5, 0.6) is 0 Å². The van der Waals surface area contributed by atoms with Crippen LogP contribution in [0.1, 0.15) is 46.5 Å². The maximum Gasteiger partial charge on any atom is 0.228 e. The summed E-state index contributed by atoms with van der Waals surface area (Å²) in [7, 11) is -3.12. The van der Waals surface area contributed by atoms with Gasteiger partial charge in [0.15, 0.2) is 9.84 Å². The highest BCUT2D eigenvalue weighted by molar-refractivity contribution is 7.93. The van der Waals surface area contributed by atoms with E-state index in [2.05, 4.69) is 37.4 Å². The average Bonchev–Trinajstić information content (AvgIpc) is 3.50. The molecular formula is C26H31NO3S. The van der Waals surface area contributed by atoms with Gasteiger partial charge in [0.25, 0.3) is 0 Å². The molecule has 2 aromatic rings. The van der Waals surface area contributed by atoms with Gasteiger partial charge in [0, 0.05) is 18.8 Å². The molecule has 0 bridgehead atoms. The molecule has 2 aliphatic carbocycles. The summed E-state index contributed by atoms with van der Waals surface area (Å²) in [5, 5.41) is 3.01. The highest BCUT2D eigenvalue weighted by Crippen LogP contribution is 2.55. The Kier molecular flexibility index (Phi) is 5.65. The Labute approximate surface area is 186 Å². The van der Waals surface area contributed by atoms with E-state index >= 15 is 0 Å². The second-order valence-electron chi connectivity index (χ2n) is 8.79. The molecule has 4 rings (SSSR count). The number of allylic oxidation sites excluding steroid dienone is 2. The molecule has 2 aliphatic rings. The molecule has 164 valence electrons. The maximum atomic E-state index is 12.7. The second-order valence-corrected chi connectivity index (χ2v) is 11.4. The number of carbonyl (C=O) groups excluding carboxylic acids is 1. The molecule has 31 heavy (non-hydrogen) atoms. The van der Waals surface area contributed by atoms with Gasteiger partial charge < -0.3 is 5.32 Å². The van der Waals surface area contributed by atoms with Gasteiger partial charge in [-0.1, -0.05) is 75.4 Å². The van der Waals surface area contributed by atoms with Crippen molar-refractivity contribution in [3.8, 4) is 11.1 Å². The molecular weight excluding hydrogens is 406 g/mol. The third-order valence-corrected chi connectivity index (χ3v) is 8.89. The van der Waals surface area contributed by atoms with E-state index in [0.717, 1.165) is 22.4 Å². The maximum absolute atomic E-state index is 12.7. The highest BCUT2D eigenvalue weighted by Gasteiger charge is 2.60. The van der Waals surface area contributed by atoms with Crippen molar-refractivity contribution in [2.24, 2.45) is 5.92 Å². The topological polar surface area (TPSA) is 63.2 Å². The summed E-state index contributed by atoms with van der Waals surface area (Å²) in [5.74, 6) is 0.419. The number of nitrogens with one attached hydrogen (secondary N) is 1. The van der Waals surface area contributed by atoms with E-state index in [-0.39, 0.29) is 25.4 Å². The van der Waals surface area contributed by atoms with Gasteiger partial charge in [0.1, 0.15) is 0 Å². The largest absolute Gasteiger partial charge is 0.326 e. The Bertz CT molecular complexity index is 1170. The predicted molar refractivity (Wildman–Crippen MR) is 129 cm³/mol. The smallest absolute Gasteiger partial charge is 0.228 e. The van der Waals surface area contributed by atoms with Crippen LogP contribution in [0.15, 0.2) is 72.3 Å². The van der Waals surface area contributed by atoms with Gasteiger partial charge in [-0.15, -0.1) is 0 Å². The van der Waals surface area contributed by atoms with E-state index in [0.29, 0.717) is 12.3 Å². The molecule has 0 spiro atoms. The molecule has 5 heteroatoms. The van der Waals surface area contributed by atoms with Crippen LogP contribution in [-0.2, 0) is 14.6 Å². The van der Waals surface area contributed by atoms with Gasteiger partial charge in [-0.3, -0.25) is 4.79 Å². The van der Waals surface area contributed by atoms with Crippen LogP contribution in [0.2, 0.25) is 0 Å². The van der Waals surface area contributed by atoms with Gasteiger partial charge in [-0.2, -0.15) is 0 Å². The fraction of sp³-hybridized carbons (Fsp3) is 0.346. The van der Waals surface area contributed by atoms with E-state index in [1.54, 1.807) is 13.0 Å². The van der Waals surface area contributed by atoms with Crippen molar-refractivity contribution < 1.29 is 14.6 Å². The number of fused-ring (bicyclic) bond motifs is 1. The molecule has 4 nitrogen and oxygen atoms in total. The molecule has 1 amide bonds. The average molecular weight is 438 g/mol. The van der Waals surface area contributed by atoms with Crippen molar-refractivity contribution in [2.75, 3.05) is 11.1 Å². The van der Waals surface area contributed by atoms with Gasteiger partial charge in [-0.05, 0) is 46.7 Å². The summed E-state index contributed by atoms with van der Waals surface area (Å²) in [5.41, 5.74) is 5.14. The molecule has 1 fully saturated rings. The summed E-state index contributed by atoms with van der Waals surface area (Å²) in [6, 6.07) is 16.3. The lowest BCUT2D eigenvalue weighted by Crippen LogP contribution is -2.26. The number of carbonyl (C=O) groups is 1. The van der Waals surface area contributed by atoms with Crippen molar-refractivity contribution in [1.29, 1.82) is 0 Å². The zero-order valence-corrected chi connectivity index (χ0v) is 19.1. The van der Waals surface area contributed by atoms with Crippen LogP contribution < -0.4 is 5.32 Å². The number of hydrogen-bond acceptors (Lipinski definition) is 3. The van der Waals surface area contributed by atoms with Crippen LogP contribution in [-0.4, -0.2) is 24.8 Å². The Hall–Kier alpha value is -2.66. The Morgan fingerprint density at radius 1 is 1.19 bits per heavy atom. The Morgan fingerprint density at radius 2 is 1.94 bits per heavy atom. The van der Waals surface area contributed by atoms with Crippen molar-refractivity contribution in [1.82, 2.24) is 0 Å². The van der Waals surface area contributed by atoms with Gasteiger partial charge in [0.05, 0.1) is 11.2 Å². The number of rotatable bonds is 7. The first kappa shape index (κ1) is 21.6. The number of sulfone groups is 1. The minimum absolute atomic E-state index is 0. The first-order valence-corrected chi connectivity index (χ1v) is 12.5. The normalized spacial score (nSPS) is 22.1. The third kappa shape index (κ3) is 4.11. The molecule has 0 heterocycles. The van der Waals surface area contributed by atoms with Crippen LogP contribution in [0.25, 0.3) is 11.1 Å². The van der Waals surface area contributed by atoms with E-state index in [1.807, 2.05) is 42.5 Å². The minimum Gasteiger partial charge on any atom is -0.326 e. The summed E-state index contributed by atoms with van der Waals surface area (Å²) in [4.78, 5) is 12.7. The molecule has 0 saturated heterocycles. The molecule has 2 unspecified atom stereocenters. The van der Waals surface area contributed by atoms with E-state index in [9.17, 15) is 13.2 Å². The lowest BCUT2D eigenvalue weighted by molar-refractivity contribution is -0.115. The Morgan fingerprint density at radius 3 is 2.58 bits per heavy atom. The first-order chi connectivity index (χ1) is 14.8. The van der Waals surface area contributed by atoms with E-state index in [4.69, 9.17) is 0 Å². The molecule has 0 aromatic heterocycles. The van der Waals surface area contributed by atoms with Crippen molar-refractivity contribution in [3.63, 3.8) is 0 Å². The summed E-state index contributed by atoms with van der Waals surface area (Å²) >= 11 is 0. The van der Waals surface area contributed by atoms with E-state index in [1.165, 1.54) is 5.56 Å². The first-order valence-electron chi connectivity index (χ1n) is 10.9. The predicted octanol–water partition coefficient (Wildman–Crippen LogP) is 5.74. The zero-order valence-electron chi connectivity index (χ0n) is 18.3.